The molecule has 4 rings (SSSR count). The third kappa shape index (κ3) is 3.53. The van der Waals surface area contributed by atoms with Crippen LogP contribution in [-0.2, 0) is 16.1 Å². The first kappa shape index (κ1) is 19.9. The fraction of sp³-hybridized carbons (Fsp3) is 0.190. The van der Waals surface area contributed by atoms with Crippen molar-refractivity contribution < 1.29 is 33.4 Å². The van der Waals surface area contributed by atoms with E-state index in [-0.39, 0.29) is 23.9 Å². The minimum Gasteiger partial charge on any atom is -0.497 e. The van der Waals surface area contributed by atoms with Crippen LogP contribution in [-0.4, -0.2) is 47.3 Å². The van der Waals surface area contributed by atoms with E-state index in [1.807, 2.05) is 0 Å². The number of aromatic hydroxyl groups is 1. The summed E-state index contributed by atoms with van der Waals surface area (Å²) in [4.78, 5) is 36.0. The van der Waals surface area contributed by atoms with Crippen LogP contribution in [0.25, 0.3) is 10.8 Å². The van der Waals surface area contributed by atoms with Crippen molar-refractivity contribution in [2.45, 2.75) is 12.1 Å². The van der Waals surface area contributed by atoms with Gasteiger partial charge in [0, 0.05) is 17.0 Å². The Hall–Kier alpha value is -4.39. The number of imide groups is 1. The zero-order valence-electron chi connectivity index (χ0n) is 16.5. The molecule has 2 aromatic heterocycles. The maximum atomic E-state index is 12.6. The lowest BCUT2D eigenvalue weighted by Crippen LogP contribution is -2.49. The SMILES string of the molecule is COC(=O)c1ccc(C#C[C@]2(Cn3cc4ccc(OC)cc4c3O)NC(=O)NC2=O)o1. The van der Waals surface area contributed by atoms with E-state index >= 15 is 0 Å². The van der Waals surface area contributed by atoms with Gasteiger partial charge in [0.25, 0.3) is 5.91 Å². The molecule has 1 aliphatic rings. The molecular formula is C21H17N3O7. The Labute approximate surface area is 175 Å². The molecule has 0 spiro atoms. The molecule has 0 radical (unpaired) electrons. The third-order valence-corrected chi connectivity index (χ3v) is 4.81. The molecule has 158 valence electrons. The molecule has 3 aromatic rings. The van der Waals surface area contributed by atoms with Crippen LogP contribution in [0.5, 0.6) is 11.6 Å². The molecule has 0 aliphatic carbocycles. The van der Waals surface area contributed by atoms with Crippen molar-refractivity contribution in [1.29, 1.82) is 0 Å². The van der Waals surface area contributed by atoms with Crippen LogP contribution in [0.2, 0.25) is 0 Å². The molecule has 0 saturated carbocycles. The van der Waals surface area contributed by atoms with Crippen LogP contribution in [0, 0.1) is 11.8 Å². The molecule has 1 fully saturated rings. The lowest BCUT2D eigenvalue weighted by atomic mass is 10.0. The quantitative estimate of drug-likeness (QED) is 0.328. The number of esters is 1. The second-order valence-corrected chi connectivity index (χ2v) is 6.75. The number of aromatic nitrogens is 1. The van der Waals surface area contributed by atoms with Crippen LogP contribution < -0.4 is 15.4 Å². The number of hydrogen-bond donors (Lipinski definition) is 3. The van der Waals surface area contributed by atoms with Crippen LogP contribution >= 0.6 is 0 Å². The second kappa shape index (κ2) is 7.46. The van der Waals surface area contributed by atoms with Gasteiger partial charge in [0.2, 0.25) is 11.3 Å². The summed E-state index contributed by atoms with van der Waals surface area (Å²) in [6.07, 6.45) is 1.63. The Bertz CT molecular complexity index is 1280. The number of nitrogens with zero attached hydrogens (tertiary/aromatic N) is 1. The van der Waals surface area contributed by atoms with E-state index < -0.39 is 23.4 Å². The normalized spacial score (nSPS) is 17.6. The van der Waals surface area contributed by atoms with E-state index in [4.69, 9.17) is 9.15 Å². The van der Waals surface area contributed by atoms with Gasteiger partial charge >= 0.3 is 12.0 Å². The topological polar surface area (TPSA) is 132 Å². The summed E-state index contributed by atoms with van der Waals surface area (Å²) in [7, 11) is 2.73. The molecule has 31 heavy (non-hydrogen) atoms. The maximum absolute atomic E-state index is 12.6. The molecule has 3 heterocycles. The minimum atomic E-state index is -1.67. The Morgan fingerprint density at radius 3 is 2.74 bits per heavy atom. The lowest BCUT2D eigenvalue weighted by Gasteiger charge is -2.20. The van der Waals surface area contributed by atoms with E-state index in [1.54, 1.807) is 24.4 Å². The van der Waals surface area contributed by atoms with Crippen LogP contribution in [0.15, 0.2) is 40.9 Å². The second-order valence-electron chi connectivity index (χ2n) is 6.75. The van der Waals surface area contributed by atoms with Gasteiger partial charge in [0.05, 0.1) is 20.8 Å². The molecule has 10 heteroatoms. The van der Waals surface area contributed by atoms with E-state index in [0.717, 1.165) is 0 Å². The fourth-order valence-corrected chi connectivity index (χ4v) is 3.24. The van der Waals surface area contributed by atoms with E-state index in [0.29, 0.717) is 16.5 Å². The number of ether oxygens (including phenoxy) is 2. The summed E-state index contributed by atoms with van der Waals surface area (Å²) in [5, 5.41) is 16.5. The van der Waals surface area contributed by atoms with E-state index in [1.165, 1.54) is 30.9 Å². The third-order valence-electron chi connectivity index (χ3n) is 4.81. The van der Waals surface area contributed by atoms with Gasteiger partial charge in [-0.3, -0.25) is 10.1 Å². The predicted molar refractivity (Wildman–Crippen MR) is 106 cm³/mol. The average Bonchev–Trinajstić information content (AvgIpc) is 3.43. The highest BCUT2D eigenvalue weighted by molar-refractivity contribution is 6.09. The number of carbonyl (C=O) groups is 3. The zero-order chi connectivity index (χ0) is 22.2. The summed E-state index contributed by atoms with van der Waals surface area (Å²) in [5.74, 6) is 4.50. The van der Waals surface area contributed by atoms with Crippen molar-refractivity contribution in [1.82, 2.24) is 15.2 Å². The number of methoxy groups -OCH3 is 2. The fourth-order valence-electron chi connectivity index (χ4n) is 3.24. The summed E-state index contributed by atoms with van der Waals surface area (Å²) in [6.45, 7) is -0.176. The Morgan fingerprint density at radius 1 is 1.26 bits per heavy atom. The molecular weight excluding hydrogens is 406 g/mol. The highest BCUT2D eigenvalue weighted by Crippen LogP contribution is 2.32. The molecule has 0 bridgehead atoms. The summed E-state index contributed by atoms with van der Waals surface area (Å²) < 4.78 is 16.4. The predicted octanol–water partition coefficient (Wildman–Crippen LogP) is 1.36. The van der Waals surface area contributed by atoms with Gasteiger partial charge in [-0.05, 0) is 36.3 Å². The first-order valence-corrected chi connectivity index (χ1v) is 9.06. The molecule has 1 aromatic carbocycles. The van der Waals surface area contributed by atoms with E-state index in [2.05, 4.69) is 27.2 Å². The van der Waals surface area contributed by atoms with Gasteiger partial charge in [-0.25, -0.2) is 9.59 Å². The van der Waals surface area contributed by atoms with Crippen LogP contribution in [0.4, 0.5) is 4.79 Å². The highest BCUT2D eigenvalue weighted by atomic mass is 16.5. The monoisotopic (exact) mass is 423 g/mol. The van der Waals surface area contributed by atoms with Gasteiger partial charge in [0.15, 0.2) is 11.6 Å². The van der Waals surface area contributed by atoms with Crippen molar-refractivity contribution in [3.63, 3.8) is 0 Å². The van der Waals surface area contributed by atoms with Crippen molar-refractivity contribution in [3.8, 4) is 23.5 Å². The molecule has 1 aliphatic heterocycles. The summed E-state index contributed by atoms with van der Waals surface area (Å²) in [5.41, 5.74) is -1.67. The zero-order valence-corrected chi connectivity index (χ0v) is 16.5. The number of benzene rings is 1. The number of nitrogens with one attached hydrogen (secondary N) is 2. The molecule has 1 saturated heterocycles. The maximum Gasteiger partial charge on any atom is 0.374 e. The number of urea groups is 1. The van der Waals surface area contributed by atoms with Gasteiger partial charge in [0.1, 0.15) is 5.75 Å². The van der Waals surface area contributed by atoms with Crippen molar-refractivity contribution in [2.75, 3.05) is 14.2 Å². The van der Waals surface area contributed by atoms with Gasteiger partial charge in [-0.1, -0.05) is 5.92 Å². The van der Waals surface area contributed by atoms with Crippen molar-refractivity contribution >= 4 is 28.7 Å². The lowest BCUT2D eigenvalue weighted by molar-refractivity contribution is -0.122. The number of rotatable bonds is 4. The molecule has 3 N–H and O–H groups in total. The molecule has 0 unspecified atom stereocenters. The summed E-state index contributed by atoms with van der Waals surface area (Å²) in [6, 6.07) is 7.26. The number of carbonyl (C=O) groups excluding carboxylic acids is 3. The first-order valence-electron chi connectivity index (χ1n) is 9.06. The van der Waals surface area contributed by atoms with Crippen molar-refractivity contribution in [3.05, 3.63) is 48.0 Å². The Morgan fingerprint density at radius 2 is 2.06 bits per heavy atom. The molecule has 10 nitrogen and oxygen atoms in total. The van der Waals surface area contributed by atoms with Crippen molar-refractivity contribution in [2.24, 2.45) is 0 Å². The van der Waals surface area contributed by atoms with Gasteiger partial charge in [-0.2, -0.15) is 0 Å². The standard InChI is InChI=1S/C21H17N3O7/c1-29-14-4-3-12-10-24(17(25)15(12)9-14)11-21(19(27)22-20(28)23-21)8-7-13-5-6-16(31-13)18(26)30-2/h3-6,9-10,25H,11H2,1-2H3,(H2,22,23,27,28)/t21-/m1/s1. The van der Waals surface area contributed by atoms with Gasteiger partial charge in [-0.15, -0.1) is 0 Å². The Balaban J connectivity index is 1.72. The minimum absolute atomic E-state index is 0.0518. The largest absolute Gasteiger partial charge is 0.497 e. The Kier molecular flexibility index (Phi) is 4.79. The van der Waals surface area contributed by atoms with E-state index in [9.17, 15) is 19.5 Å². The summed E-state index contributed by atoms with van der Waals surface area (Å²) >= 11 is 0. The smallest absolute Gasteiger partial charge is 0.374 e. The van der Waals surface area contributed by atoms with Crippen LogP contribution in [0.1, 0.15) is 16.3 Å². The highest BCUT2D eigenvalue weighted by Gasteiger charge is 2.46. The number of fused-ring (bicyclic) bond motifs is 1. The molecule has 1 atom stereocenters. The molecule has 3 amide bonds. The number of hydrogen-bond acceptors (Lipinski definition) is 7. The van der Waals surface area contributed by atoms with Gasteiger partial charge < -0.3 is 28.9 Å². The number of furan rings is 1. The van der Waals surface area contributed by atoms with Crippen LogP contribution in [0.3, 0.4) is 0 Å². The average molecular weight is 423 g/mol. The number of amides is 3. The first-order chi connectivity index (χ1) is 14.8.